The quantitative estimate of drug-likeness (QED) is 0.827. The third-order valence-corrected chi connectivity index (χ3v) is 4.14. The van der Waals surface area contributed by atoms with Crippen molar-refractivity contribution >= 4 is 12.6 Å². The monoisotopic (exact) mass is 322 g/mol. The molecule has 1 aromatic carbocycles. The first-order valence-electron chi connectivity index (χ1n) is 8.71. The number of hydrogen-bond donors (Lipinski definition) is 1. The molecule has 1 aromatic rings. The minimum Gasteiger partial charge on any atom is -0.399 e. The number of aliphatic hydroxyl groups is 1. The van der Waals surface area contributed by atoms with Gasteiger partial charge in [-0.2, -0.15) is 0 Å². The van der Waals surface area contributed by atoms with E-state index in [-0.39, 0.29) is 18.3 Å². The molecule has 1 aliphatic rings. The summed E-state index contributed by atoms with van der Waals surface area (Å²) in [5, 5.41) is 9.95. The predicted octanol–water partition coefficient (Wildman–Crippen LogP) is 4.27. The summed E-state index contributed by atoms with van der Waals surface area (Å²) in [6, 6.07) is 7.74. The van der Waals surface area contributed by atoms with Gasteiger partial charge in [0, 0.05) is 0 Å². The first-order chi connectivity index (χ1) is 10.5. The van der Waals surface area contributed by atoms with Gasteiger partial charge in [0.1, 0.15) is 0 Å². The average Bonchev–Trinajstić information content (AvgIpc) is 2.71. The standard InChI is InChI=1S/C15H23BO3.2C2H6/c1-13(2,17)11-7-9-12(10-8-11)16-18-14(3,4)15(5,6)19-16;2*1-2/h7-10,17H,1-6H3;2*1-2H3. The molecule has 1 fully saturated rings. The second kappa shape index (κ2) is 8.32. The zero-order valence-corrected chi connectivity index (χ0v) is 16.7. The molecule has 0 unspecified atom stereocenters. The summed E-state index contributed by atoms with van der Waals surface area (Å²) in [4.78, 5) is 0. The van der Waals surface area contributed by atoms with Crippen LogP contribution in [-0.2, 0) is 14.9 Å². The van der Waals surface area contributed by atoms with Crippen molar-refractivity contribution in [2.75, 3.05) is 0 Å². The van der Waals surface area contributed by atoms with Crippen LogP contribution in [0.3, 0.4) is 0 Å². The lowest BCUT2D eigenvalue weighted by Gasteiger charge is -2.32. The van der Waals surface area contributed by atoms with E-state index in [4.69, 9.17) is 9.31 Å². The van der Waals surface area contributed by atoms with E-state index in [1.54, 1.807) is 13.8 Å². The Labute approximate surface area is 143 Å². The van der Waals surface area contributed by atoms with Crippen LogP contribution in [0, 0.1) is 0 Å². The highest BCUT2D eigenvalue weighted by Gasteiger charge is 2.51. The Hall–Kier alpha value is -0.835. The molecular formula is C19H35BO3. The summed E-state index contributed by atoms with van der Waals surface area (Å²) in [5.74, 6) is 0. The lowest BCUT2D eigenvalue weighted by molar-refractivity contribution is 0.00578. The van der Waals surface area contributed by atoms with E-state index in [9.17, 15) is 5.11 Å². The van der Waals surface area contributed by atoms with E-state index >= 15 is 0 Å². The molecule has 0 bridgehead atoms. The van der Waals surface area contributed by atoms with Crippen molar-refractivity contribution in [1.29, 1.82) is 0 Å². The fourth-order valence-electron chi connectivity index (χ4n) is 2.03. The van der Waals surface area contributed by atoms with Crippen molar-refractivity contribution in [3.05, 3.63) is 29.8 Å². The Morgan fingerprint density at radius 2 is 1.17 bits per heavy atom. The Balaban J connectivity index is 0.00000112. The van der Waals surface area contributed by atoms with Crippen LogP contribution in [0.2, 0.25) is 0 Å². The second-order valence-electron chi connectivity index (χ2n) is 6.77. The maximum Gasteiger partial charge on any atom is 0.494 e. The molecule has 0 spiro atoms. The van der Waals surface area contributed by atoms with Crippen molar-refractivity contribution in [2.45, 2.75) is 86.0 Å². The molecule has 0 atom stereocenters. The van der Waals surface area contributed by atoms with Gasteiger partial charge in [0.05, 0.1) is 16.8 Å². The SMILES string of the molecule is CC.CC.CC(C)(O)c1ccc(B2OC(C)(C)C(C)(C)O2)cc1. The van der Waals surface area contributed by atoms with Gasteiger partial charge in [-0.1, -0.05) is 52.0 Å². The molecule has 4 heteroatoms. The summed E-state index contributed by atoms with van der Waals surface area (Å²) in [7, 11) is -0.346. The molecule has 3 nitrogen and oxygen atoms in total. The highest BCUT2D eigenvalue weighted by Crippen LogP contribution is 2.36. The van der Waals surface area contributed by atoms with Crippen LogP contribution in [0.4, 0.5) is 0 Å². The van der Waals surface area contributed by atoms with Gasteiger partial charge in [0.2, 0.25) is 0 Å². The first-order valence-corrected chi connectivity index (χ1v) is 8.71. The molecule has 0 aliphatic carbocycles. The minimum atomic E-state index is -0.825. The van der Waals surface area contributed by atoms with E-state index in [0.717, 1.165) is 11.0 Å². The molecule has 1 N–H and O–H groups in total. The summed E-state index contributed by atoms with van der Waals surface area (Å²) < 4.78 is 12.0. The fraction of sp³-hybridized carbons (Fsp3) is 0.684. The molecule has 0 aromatic heterocycles. The smallest absolute Gasteiger partial charge is 0.399 e. The van der Waals surface area contributed by atoms with Gasteiger partial charge in [-0.3, -0.25) is 0 Å². The minimum absolute atomic E-state index is 0.327. The Morgan fingerprint density at radius 3 is 1.48 bits per heavy atom. The van der Waals surface area contributed by atoms with E-state index in [1.807, 2.05) is 79.7 Å². The molecule has 0 amide bonds. The van der Waals surface area contributed by atoms with Crippen LogP contribution in [0.5, 0.6) is 0 Å². The maximum atomic E-state index is 9.95. The normalized spacial score (nSPS) is 18.5. The third-order valence-electron chi connectivity index (χ3n) is 4.14. The third kappa shape index (κ3) is 5.34. The summed E-state index contributed by atoms with van der Waals surface area (Å²) in [6.45, 7) is 19.7. The van der Waals surface area contributed by atoms with E-state index in [2.05, 4.69) is 0 Å². The van der Waals surface area contributed by atoms with E-state index < -0.39 is 5.60 Å². The van der Waals surface area contributed by atoms with Gasteiger partial charge >= 0.3 is 7.12 Å². The average molecular weight is 322 g/mol. The highest BCUT2D eigenvalue weighted by molar-refractivity contribution is 6.62. The van der Waals surface area contributed by atoms with Crippen molar-refractivity contribution in [1.82, 2.24) is 0 Å². The van der Waals surface area contributed by atoms with Gasteiger partial charge in [-0.25, -0.2) is 0 Å². The molecule has 132 valence electrons. The van der Waals surface area contributed by atoms with E-state index in [0.29, 0.717) is 0 Å². The largest absolute Gasteiger partial charge is 0.494 e. The molecular weight excluding hydrogens is 287 g/mol. The zero-order valence-electron chi connectivity index (χ0n) is 16.7. The molecule has 0 radical (unpaired) electrons. The fourth-order valence-corrected chi connectivity index (χ4v) is 2.03. The van der Waals surface area contributed by atoms with Gasteiger partial charge in [-0.15, -0.1) is 0 Å². The maximum absolute atomic E-state index is 9.95. The summed E-state index contributed by atoms with van der Waals surface area (Å²) in [5.41, 5.74) is 0.382. The van der Waals surface area contributed by atoms with Crippen LogP contribution in [0.1, 0.15) is 74.8 Å². The lowest BCUT2D eigenvalue weighted by atomic mass is 9.78. The molecule has 2 rings (SSSR count). The molecule has 23 heavy (non-hydrogen) atoms. The molecule has 1 heterocycles. The Bertz CT molecular complexity index is 442. The van der Waals surface area contributed by atoms with Crippen molar-refractivity contribution in [3.8, 4) is 0 Å². The number of benzene rings is 1. The number of hydrogen-bond acceptors (Lipinski definition) is 3. The van der Waals surface area contributed by atoms with Crippen LogP contribution in [-0.4, -0.2) is 23.4 Å². The zero-order chi connectivity index (χ0) is 18.5. The Kier molecular flexibility index (Phi) is 8.02. The second-order valence-corrected chi connectivity index (χ2v) is 6.77. The predicted molar refractivity (Wildman–Crippen MR) is 100 cm³/mol. The first kappa shape index (κ1) is 22.2. The highest BCUT2D eigenvalue weighted by atomic mass is 16.7. The van der Waals surface area contributed by atoms with Crippen LogP contribution in [0.25, 0.3) is 0 Å². The Morgan fingerprint density at radius 1 is 0.826 bits per heavy atom. The molecule has 1 saturated heterocycles. The van der Waals surface area contributed by atoms with Gasteiger partial charge in [0.15, 0.2) is 0 Å². The summed E-state index contributed by atoms with van der Waals surface area (Å²) in [6.07, 6.45) is 0. The van der Waals surface area contributed by atoms with Crippen molar-refractivity contribution in [3.63, 3.8) is 0 Å². The van der Waals surface area contributed by atoms with Crippen molar-refractivity contribution < 1.29 is 14.4 Å². The van der Waals surface area contributed by atoms with Crippen molar-refractivity contribution in [2.24, 2.45) is 0 Å². The van der Waals surface area contributed by atoms with Crippen LogP contribution < -0.4 is 5.46 Å². The van der Waals surface area contributed by atoms with E-state index in [1.165, 1.54) is 0 Å². The van der Waals surface area contributed by atoms with Gasteiger partial charge in [0.25, 0.3) is 0 Å². The number of rotatable bonds is 2. The summed E-state index contributed by atoms with van der Waals surface area (Å²) >= 11 is 0. The van der Waals surface area contributed by atoms with Gasteiger partial charge in [-0.05, 0) is 52.6 Å². The van der Waals surface area contributed by atoms with Gasteiger partial charge < -0.3 is 14.4 Å². The lowest BCUT2D eigenvalue weighted by Crippen LogP contribution is -2.41. The molecule has 1 aliphatic heterocycles. The molecule has 0 saturated carbocycles. The van der Waals surface area contributed by atoms with Crippen LogP contribution >= 0.6 is 0 Å². The topological polar surface area (TPSA) is 38.7 Å². The van der Waals surface area contributed by atoms with Crippen LogP contribution in [0.15, 0.2) is 24.3 Å².